The van der Waals surface area contributed by atoms with Gasteiger partial charge in [-0.2, -0.15) is 0 Å². The molecular formula is C22H12I2N2O2. The van der Waals surface area contributed by atoms with Crippen molar-refractivity contribution in [3.05, 3.63) is 63.2 Å². The highest BCUT2D eigenvalue weighted by Gasteiger charge is 2.21. The zero-order valence-corrected chi connectivity index (χ0v) is 19.2. The van der Waals surface area contributed by atoms with Crippen molar-refractivity contribution in [3.63, 3.8) is 0 Å². The molecule has 0 spiro atoms. The standard InChI is InChI=1S/C22H12I2N2O2/c1-7-12(23)5-14-19-10(21(27)25-14)3-9-4-11-20-15(26-22(11)28)6-13(24)8(2)17(20)18(9)16(7)19/h3-6H,1-2H3,(H,25,27)(H,26,28). The van der Waals surface area contributed by atoms with Gasteiger partial charge in [0.15, 0.2) is 0 Å². The molecular weight excluding hydrogens is 578 g/mol. The molecule has 2 N–H and O–H groups in total. The molecule has 0 aliphatic heterocycles. The van der Waals surface area contributed by atoms with Gasteiger partial charge in [-0.1, -0.05) is 0 Å². The highest BCUT2D eigenvalue weighted by molar-refractivity contribution is 14.1. The van der Waals surface area contributed by atoms with Crippen LogP contribution in [0.5, 0.6) is 0 Å². The molecule has 0 fully saturated rings. The molecule has 0 saturated carbocycles. The molecule has 0 atom stereocenters. The van der Waals surface area contributed by atoms with Crippen molar-refractivity contribution in [2.45, 2.75) is 13.8 Å². The number of aromatic amines is 2. The summed E-state index contributed by atoms with van der Waals surface area (Å²) in [6.45, 7) is 4.22. The molecule has 0 saturated heterocycles. The third-order valence-electron chi connectivity index (χ3n) is 5.96. The molecule has 2 heterocycles. The second kappa shape index (κ2) is 5.35. The molecule has 6 heteroatoms. The van der Waals surface area contributed by atoms with Crippen molar-refractivity contribution in [2.24, 2.45) is 0 Å². The SMILES string of the molecule is Cc1c(I)cc2[nH]c(=O)c3cc4cc5c(=O)[nH]c6cc(I)c(C)c(c65)c4c1c23. The summed E-state index contributed by atoms with van der Waals surface area (Å²) in [5, 5.41) is 7.62. The van der Waals surface area contributed by atoms with E-state index in [9.17, 15) is 9.59 Å². The van der Waals surface area contributed by atoms with Crippen LogP contribution in [0.1, 0.15) is 11.1 Å². The first kappa shape index (κ1) is 17.0. The number of nitrogens with one attached hydrogen (secondary N) is 2. The highest BCUT2D eigenvalue weighted by atomic mass is 127. The van der Waals surface area contributed by atoms with Crippen LogP contribution in [0.4, 0.5) is 0 Å². The van der Waals surface area contributed by atoms with E-state index < -0.39 is 0 Å². The number of aromatic nitrogens is 2. The lowest BCUT2D eigenvalue weighted by Crippen LogP contribution is -1.98. The van der Waals surface area contributed by atoms with Crippen molar-refractivity contribution in [3.8, 4) is 0 Å². The Balaban J connectivity index is 2.13. The van der Waals surface area contributed by atoms with Crippen LogP contribution in [-0.2, 0) is 0 Å². The van der Waals surface area contributed by atoms with E-state index in [1.54, 1.807) is 0 Å². The van der Waals surface area contributed by atoms with Gasteiger partial charge >= 0.3 is 0 Å². The van der Waals surface area contributed by atoms with Crippen LogP contribution < -0.4 is 11.1 Å². The Morgan fingerprint density at radius 3 is 1.50 bits per heavy atom. The van der Waals surface area contributed by atoms with Crippen molar-refractivity contribution >= 4 is 99.3 Å². The molecule has 0 aliphatic rings. The van der Waals surface area contributed by atoms with E-state index in [1.807, 2.05) is 24.3 Å². The number of aryl methyl sites for hydroxylation is 2. The number of fused-ring (bicyclic) bond motifs is 3. The largest absolute Gasteiger partial charge is 0.321 e. The van der Waals surface area contributed by atoms with Gasteiger partial charge in [0.05, 0.1) is 21.8 Å². The first-order valence-electron chi connectivity index (χ1n) is 8.85. The van der Waals surface area contributed by atoms with Gasteiger partial charge in [-0.25, -0.2) is 0 Å². The molecule has 0 bridgehead atoms. The number of halogens is 2. The van der Waals surface area contributed by atoms with Gasteiger partial charge in [0.2, 0.25) is 0 Å². The van der Waals surface area contributed by atoms with E-state index in [4.69, 9.17) is 0 Å². The van der Waals surface area contributed by atoms with Crippen molar-refractivity contribution in [1.82, 2.24) is 9.97 Å². The van der Waals surface area contributed by atoms with Crippen LogP contribution in [0.25, 0.3) is 54.1 Å². The lowest BCUT2D eigenvalue weighted by Gasteiger charge is -2.14. The van der Waals surface area contributed by atoms with Crippen LogP contribution in [0.2, 0.25) is 0 Å². The maximum atomic E-state index is 12.6. The zero-order valence-electron chi connectivity index (χ0n) is 14.9. The Labute approximate surface area is 185 Å². The van der Waals surface area contributed by atoms with Crippen LogP contribution in [-0.4, -0.2) is 9.97 Å². The molecule has 28 heavy (non-hydrogen) atoms. The van der Waals surface area contributed by atoms with Gasteiger partial charge in [0.1, 0.15) is 0 Å². The fourth-order valence-electron chi connectivity index (χ4n) is 4.67. The summed E-state index contributed by atoms with van der Waals surface area (Å²) < 4.78 is 2.23. The second-order valence-electron chi connectivity index (χ2n) is 7.42. The van der Waals surface area contributed by atoms with Gasteiger partial charge in [0.25, 0.3) is 11.1 Å². The minimum absolute atomic E-state index is 0.0793. The summed E-state index contributed by atoms with van der Waals surface area (Å²) in [6.07, 6.45) is 0. The molecule has 6 aromatic rings. The van der Waals surface area contributed by atoms with Crippen molar-refractivity contribution in [2.75, 3.05) is 0 Å². The molecule has 136 valence electrons. The zero-order chi connectivity index (χ0) is 19.5. The monoisotopic (exact) mass is 590 g/mol. The Kier molecular flexibility index (Phi) is 3.24. The second-order valence-corrected chi connectivity index (χ2v) is 9.74. The topological polar surface area (TPSA) is 65.7 Å². The summed E-state index contributed by atoms with van der Waals surface area (Å²) >= 11 is 4.67. The number of rotatable bonds is 0. The first-order chi connectivity index (χ1) is 13.4. The molecule has 0 radical (unpaired) electrons. The van der Waals surface area contributed by atoms with Crippen LogP contribution in [0, 0.1) is 21.0 Å². The number of hydrogen-bond donors (Lipinski definition) is 2. The van der Waals surface area contributed by atoms with Gasteiger partial charge < -0.3 is 9.97 Å². The molecule has 6 rings (SSSR count). The molecule has 2 aromatic heterocycles. The predicted octanol–water partition coefficient (Wildman–Crippen LogP) is 5.53. The Hall–Kier alpha value is -1.94. The third-order valence-corrected chi connectivity index (χ3v) is 8.20. The number of benzene rings is 4. The van der Waals surface area contributed by atoms with Crippen LogP contribution >= 0.6 is 45.2 Å². The van der Waals surface area contributed by atoms with Gasteiger partial charge in [-0.15, -0.1) is 0 Å². The van der Waals surface area contributed by atoms with Crippen LogP contribution in [0.15, 0.2) is 33.9 Å². The van der Waals surface area contributed by atoms with Gasteiger partial charge in [-0.05, 0) is 116 Å². The highest BCUT2D eigenvalue weighted by Crippen LogP contribution is 2.43. The average molecular weight is 590 g/mol. The van der Waals surface area contributed by atoms with E-state index in [0.29, 0.717) is 10.8 Å². The summed E-state index contributed by atoms with van der Waals surface area (Å²) in [5.41, 5.74) is 3.91. The summed E-state index contributed by atoms with van der Waals surface area (Å²) in [4.78, 5) is 31.3. The van der Waals surface area contributed by atoms with E-state index in [0.717, 1.165) is 61.6 Å². The summed E-state index contributed by atoms with van der Waals surface area (Å²) in [6, 6.07) is 7.97. The molecule has 0 aliphatic carbocycles. The first-order valence-corrected chi connectivity index (χ1v) is 11.0. The van der Waals surface area contributed by atoms with E-state index in [2.05, 4.69) is 69.0 Å². The fourth-order valence-corrected chi connectivity index (χ4v) is 5.83. The normalized spacial score (nSPS) is 12.6. The lowest BCUT2D eigenvalue weighted by molar-refractivity contribution is 1.37. The predicted molar refractivity (Wildman–Crippen MR) is 132 cm³/mol. The van der Waals surface area contributed by atoms with E-state index in [1.165, 1.54) is 0 Å². The minimum Gasteiger partial charge on any atom is -0.321 e. The fraction of sp³-hybridized carbons (Fsp3) is 0.0909. The summed E-state index contributed by atoms with van der Waals surface area (Å²) in [7, 11) is 0. The van der Waals surface area contributed by atoms with Crippen LogP contribution in [0.3, 0.4) is 0 Å². The van der Waals surface area contributed by atoms with Gasteiger partial charge in [0, 0.05) is 17.9 Å². The van der Waals surface area contributed by atoms with Crippen molar-refractivity contribution < 1.29 is 0 Å². The summed E-state index contributed by atoms with van der Waals surface area (Å²) in [5.74, 6) is 0. The smallest absolute Gasteiger partial charge is 0.256 e. The quantitative estimate of drug-likeness (QED) is 0.181. The Morgan fingerprint density at radius 2 is 1.07 bits per heavy atom. The van der Waals surface area contributed by atoms with Crippen molar-refractivity contribution in [1.29, 1.82) is 0 Å². The van der Waals surface area contributed by atoms with E-state index in [-0.39, 0.29) is 11.1 Å². The average Bonchev–Trinajstić information content (AvgIpc) is 3.13. The lowest BCUT2D eigenvalue weighted by atomic mass is 9.89. The van der Waals surface area contributed by atoms with E-state index >= 15 is 0 Å². The molecule has 4 aromatic carbocycles. The Bertz CT molecular complexity index is 1620. The molecule has 4 nitrogen and oxygen atoms in total. The Morgan fingerprint density at radius 1 is 0.643 bits per heavy atom. The third kappa shape index (κ3) is 1.90. The maximum Gasteiger partial charge on any atom is 0.256 e. The number of H-pyrrole nitrogens is 2. The number of hydrogen-bond acceptors (Lipinski definition) is 2. The minimum atomic E-state index is -0.0793. The molecule has 0 unspecified atom stereocenters. The molecule has 0 amide bonds. The maximum absolute atomic E-state index is 12.6. The van der Waals surface area contributed by atoms with Gasteiger partial charge in [-0.3, -0.25) is 9.59 Å².